The molecule has 0 saturated heterocycles. The fourth-order valence-electron chi connectivity index (χ4n) is 4.06. The molecular formula is C17H29N3O2S. The molecular weight excluding hydrogens is 310 g/mol. The lowest BCUT2D eigenvalue weighted by atomic mass is 9.82. The summed E-state index contributed by atoms with van der Waals surface area (Å²) in [6.07, 6.45) is 11.6. The van der Waals surface area contributed by atoms with E-state index in [9.17, 15) is 8.42 Å². The molecule has 0 bridgehead atoms. The summed E-state index contributed by atoms with van der Waals surface area (Å²) in [5, 5.41) is 0. The average molecular weight is 340 g/mol. The van der Waals surface area contributed by atoms with Crippen LogP contribution in [-0.2, 0) is 29.5 Å². The zero-order valence-corrected chi connectivity index (χ0v) is 15.2. The van der Waals surface area contributed by atoms with E-state index in [1.807, 2.05) is 0 Å². The SMILES string of the molecule is CC1CCCC(CN(Cc2cn3c(n2)CCCC3)S(C)(=O)=O)C1. The van der Waals surface area contributed by atoms with Crippen LogP contribution in [0.1, 0.15) is 57.0 Å². The van der Waals surface area contributed by atoms with Crippen molar-refractivity contribution in [2.45, 2.75) is 65.0 Å². The van der Waals surface area contributed by atoms with E-state index in [2.05, 4.69) is 22.7 Å². The molecule has 1 fully saturated rings. The third-order valence-electron chi connectivity index (χ3n) is 5.27. The van der Waals surface area contributed by atoms with Crippen LogP contribution in [0.3, 0.4) is 0 Å². The van der Waals surface area contributed by atoms with Crippen molar-refractivity contribution in [3.05, 3.63) is 17.7 Å². The summed E-state index contributed by atoms with van der Waals surface area (Å²) in [6, 6.07) is 0. The van der Waals surface area contributed by atoms with Crippen LogP contribution >= 0.6 is 0 Å². The van der Waals surface area contributed by atoms with Gasteiger partial charge in [-0.1, -0.05) is 19.8 Å². The fourth-order valence-corrected chi connectivity index (χ4v) is 4.91. The molecule has 3 rings (SSSR count). The molecule has 0 aromatic carbocycles. The minimum atomic E-state index is -3.20. The Hall–Kier alpha value is -0.880. The van der Waals surface area contributed by atoms with Gasteiger partial charge in [0.15, 0.2) is 0 Å². The van der Waals surface area contributed by atoms with Crippen molar-refractivity contribution >= 4 is 10.0 Å². The second kappa shape index (κ2) is 6.93. The van der Waals surface area contributed by atoms with Crippen LogP contribution in [0, 0.1) is 11.8 Å². The number of aromatic nitrogens is 2. The van der Waals surface area contributed by atoms with Gasteiger partial charge < -0.3 is 4.57 Å². The standard InChI is InChI=1S/C17H29N3O2S/c1-14-6-5-7-15(10-14)11-20(23(2,21)22)13-16-12-19-9-4-3-8-17(19)18-16/h12,14-15H,3-11,13H2,1-2H3. The lowest BCUT2D eigenvalue weighted by Crippen LogP contribution is -2.35. The van der Waals surface area contributed by atoms with E-state index in [-0.39, 0.29) is 0 Å². The van der Waals surface area contributed by atoms with Crippen molar-refractivity contribution in [3.8, 4) is 0 Å². The first-order valence-corrected chi connectivity index (χ1v) is 10.8. The molecule has 5 nitrogen and oxygen atoms in total. The largest absolute Gasteiger partial charge is 0.335 e. The Labute approximate surface area is 140 Å². The number of hydrogen-bond donors (Lipinski definition) is 0. The molecule has 1 aromatic heterocycles. The number of hydrogen-bond acceptors (Lipinski definition) is 3. The summed E-state index contributed by atoms with van der Waals surface area (Å²) in [6.45, 7) is 4.36. The third kappa shape index (κ3) is 4.35. The van der Waals surface area contributed by atoms with Gasteiger partial charge in [0.05, 0.1) is 18.5 Å². The van der Waals surface area contributed by atoms with E-state index in [1.54, 1.807) is 4.31 Å². The lowest BCUT2D eigenvalue weighted by molar-refractivity contribution is 0.233. The minimum absolute atomic E-state index is 0.420. The van der Waals surface area contributed by atoms with Crippen molar-refractivity contribution in [2.24, 2.45) is 11.8 Å². The number of aryl methyl sites for hydroxylation is 2. The highest BCUT2D eigenvalue weighted by molar-refractivity contribution is 7.88. The molecule has 130 valence electrons. The van der Waals surface area contributed by atoms with Crippen LogP contribution in [0.2, 0.25) is 0 Å². The minimum Gasteiger partial charge on any atom is -0.335 e. The van der Waals surface area contributed by atoms with Crippen LogP contribution < -0.4 is 0 Å². The van der Waals surface area contributed by atoms with E-state index in [1.165, 1.54) is 31.9 Å². The Morgan fingerprint density at radius 3 is 2.83 bits per heavy atom. The normalized spacial score (nSPS) is 25.5. The Morgan fingerprint density at radius 1 is 1.30 bits per heavy atom. The number of rotatable bonds is 5. The first kappa shape index (κ1) is 17.0. The second-order valence-electron chi connectivity index (χ2n) is 7.49. The van der Waals surface area contributed by atoms with Crippen molar-refractivity contribution in [2.75, 3.05) is 12.8 Å². The van der Waals surface area contributed by atoms with E-state index < -0.39 is 10.0 Å². The summed E-state index contributed by atoms with van der Waals surface area (Å²) >= 11 is 0. The van der Waals surface area contributed by atoms with Gasteiger partial charge in [-0.25, -0.2) is 13.4 Å². The van der Waals surface area contributed by atoms with Crippen molar-refractivity contribution < 1.29 is 8.42 Å². The molecule has 0 spiro atoms. The molecule has 2 unspecified atom stereocenters. The molecule has 2 atom stereocenters. The van der Waals surface area contributed by atoms with Gasteiger partial charge >= 0.3 is 0 Å². The Morgan fingerprint density at radius 2 is 2.13 bits per heavy atom. The van der Waals surface area contributed by atoms with Crippen molar-refractivity contribution in [1.29, 1.82) is 0 Å². The molecule has 6 heteroatoms. The predicted octanol–water partition coefficient (Wildman–Crippen LogP) is 2.81. The summed E-state index contributed by atoms with van der Waals surface area (Å²) in [7, 11) is -3.20. The third-order valence-corrected chi connectivity index (χ3v) is 6.49. The maximum Gasteiger partial charge on any atom is 0.211 e. The fraction of sp³-hybridized carbons (Fsp3) is 0.824. The van der Waals surface area contributed by atoms with E-state index >= 15 is 0 Å². The molecule has 0 N–H and O–H groups in total. The summed E-state index contributed by atoms with van der Waals surface area (Å²) in [5.41, 5.74) is 0.899. The van der Waals surface area contributed by atoms with Gasteiger partial charge in [0.25, 0.3) is 0 Å². The Balaban J connectivity index is 1.70. The average Bonchev–Trinajstić information content (AvgIpc) is 2.88. The van der Waals surface area contributed by atoms with Crippen LogP contribution in [0.5, 0.6) is 0 Å². The molecule has 1 aliphatic carbocycles. The molecule has 0 radical (unpaired) electrons. The van der Waals surface area contributed by atoms with Gasteiger partial charge in [-0.2, -0.15) is 4.31 Å². The number of nitrogens with zero attached hydrogens (tertiary/aromatic N) is 3. The van der Waals surface area contributed by atoms with Gasteiger partial charge in [0.1, 0.15) is 5.82 Å². The van der Waals surface area contributed by atoms with Crippen molar-refractivity contribution in [1.82, 2.24) is 13.9 Å². The van der Waals surface area contributed by atoms with Crippen LogP contribution in [0.15, 0.2) is 6.20 Å². The van der Waals surface area contributed by atoms with Gasteiger partial charge in [-0.15, -0.1) is 0 Å². The molecule has 1 aliphatic heterocycles. The smallest absolute Gasteiger partial charge is 0.211 e. The maximum absolute atomic E-state index is 12.2. The first-order valence-electron chi connectivity index (χ1n) is 8.92. The highest BCUT2D eigenvalue weighted by atomic mass is 32.2. The first-order chi connectivity index (χ1) is 10.9. The zero-order valence-electron chi connectivity index (χ0n) is 14.4. The molecule has 1 aromatic rings. The Kier molecular flexibility index (Phi) is 5.11. The van der Waals surface area contributed by atoms with E-state index in [4.69, 9.17) is 0 Å². The monoisotopic (exact) mass is 339 g/mol. The molecule has 23 heavy (non-hydrogen) atoms. The molecule has 1 saturated carbocycles. The summed E-state index contributed by atoms with van der Waals surface area (Å²) in [4.78, 5) is 4.67. The molecule has 2 heterocycles. The van der Waals surface area contributed by atoms with Gasteiger partial charge in [0, 0.05) is 25.7 Å². The maximum atomic E-state index is 12.2. The van der Waals surface area contributed by atoms with E-state index in [0.29, 0.717) is 19.0 Å². The van der Waals surface area contributed by atoms with Crippen molar-refractivity contribution in [3.63, 3.8) is 0 Å². The van der Waals surface area contributed by atoms with Gasteiger partial charge in [0.2, 0.25) is 10.0 Å². The number of fused-ring (bicyclic) bond motifs is 1. The zero-order chi connectivity index (χ0) is 16.4. The predicted molar refractivity (Wildman–Crippen MR) is 91.5 cm³/mol. The van der Waals surface area contributed by atoms with Crippen LogP contribution in [0.25, 0.3) is 0 Å². The molecule has 2 aliphatic rings. The topological polar surface area (TPSA) is 55.2 Å². The lowest BCUT2D eigenvalue weighted by Gasteiger charge is -2.30. The highest BCUT2D eigenvalue weighted by Gasteiger charge is 2.26. The van der Waals surface area contributed by atoms with Crippen LogP contribution in [0.4, 0.5) is 0 Å². The quantitative estimate of drug-likeness (QED) is 0.829. The van der Waals surface area contributed by atoms with Gasteiger partial charge in [-0.05, 0) is 37.5 Å². The van der Waals surface area contributed by atoms with Gasteiger partial charge in [-0.3, -0.25) is 0 Å². The summed E-state index contributed by atoms with van der Waals surface area (Å²) in [5.74, 6) is 2.33. The number of imidazole rings is 1. The van der Waals surface area contributed by atoms with Crippen LogP contribution in [-0.4, -0.2) is 35.1 Å². The highest BCUT2D eigenvalue weighted by Crippen LogP contribution is 2.30. The number of sulfonamides is 1. The summed E-state index contributed by atoms with van der Waals surface area (Å²) < 4.78 is 28.3. The molecule has 0 amide bonds. The van der Waals surface area contributed by atoms with E-state index in [0.717, 1.165) is 43.2 Å². The Bertz CT molecular complexity index is 615. The second-order valence-corrected chi connectivity index (χ2v) is 9.47.